The summed E-state index contributed by atoms with van der Waals surface area (Å²) in [6.45, 7) is 9.57. The van der Waals surface area contributed by atoms with Crippen LogP contribution in [-0.4, -0.2) is 33.5 Å². The molecule has 39 heavy (non-hydrogen) atoms. The molecular formula is C30H38N6O3. The molecule has 2 heterocycles. The third kappa shape index (κ3) is 5.39. The summed E-state index contributed by atoms with van der Waals surface area (Å²) in [6, 6.07) is 16.7. The van der Waals surface area contributed by atoms with Gasteiger partial charge < -0.3 is 21.7 Å². The van der Waals surface area contributed by atoms with E-state index in [1.165, 1.54) is 13.1 Å². The number of aromatic nitrogens is 2. The van der Waals surface area contributed by atoms with Crippen molar-refractivity contribution in [3.63, 3.8) is 0 Å². The Morgan fingerprint density at radius 3 is 2.38 bits per heavy atom. The zero-order chi connectivity index (χ0) is 28.4. The quantitative estimate of drug-likeness (QED) is 0.335. The molecule has 2 aromatic carbocycles. The second kappa shape index (κ2) is 10.9. The number of primary amides is 1. The fraction of sp³-hybridized carbons (Fsp3) is 0.400. The van der Waals surface area contributed by atoms with Crippen molar-refractivity contribution in [2.45, 2.75) is 77.0 Å². The van der Waals surface area contributed by atoms with Crippen LogP contribution in [0.2, 0.25) is 0 Å². The van der Waals surface area contributed by atoms with E-state index >= 15 is 0 Å². The Balaban J connectivity index is 1.73. The maximum Gasteiger partial charge on any atom is 0.257 e. The minimum absolute atomic E-state index is 0.0193. The topological polar surface area (TPSA) is 131 Å². The number of hydrogen-bond acceptors (Lipinski definition) is 5. The lowest BCUT2D eigenvalue weighted by atomic mass is 9.84. The second-order valence-corrected chi connectivity index (χ2v) is 10.8. The third-order valence-corrected chi connectivity index (χ3v) is 7.68. The number of nitrogens with two attached hydrogens (primary N) is 1. The lowest BCUT2D eigenvalue weighted by molar-refractivity contribution is -0.131. The molecule has 9 nitrogen and oxygen atoms in total. The van der Waals surface area contributed by atoms with Gasteiger partial charge in [0, 0.05) is 0 Å². The molecule has 3 amide bonds. The van der Waals surface area contributed by atoms with Crippen LogP contribution in [0.1, 0.15) is 80.6 Å². The van der Waals surface area contributed by atoms with Crippen molar-refractivity contribution in [2.75, 3.05) is 5.32 Å². The highest BCUT2D eigenvalue weighted by molar-refractivity contribution is 6.03. The summed E-state index contributed by atoms with van der Waals surface area (Å²) in [5.74, 6) is -1.03. The number of anilines is 1. The van der Waals surface area contributed by atoms with Gasteiger partial charge in [-0.1, -0.05) is 68.4 Å². The van der Waals surface area contributed by atoms with Crippen LogP contribution in [0.3, 0.4) is 0 Å². The van der Waals surface area contributed by atoms with E-state index < -0.39 is 29.3 Å². The van der Waals surface area contributed by atoms with E-state index in [0.717, 1.165) is 24.0 Å². The van der Waals surface area contributed by atoms with Crippen LogP contribution in [0.4, 0.5) is 5.82 Å². The molecule has 0 radical (unpaired) electrons. The molecule has 1 aliphatic heterocycles. The van der Waals surface area contributed by atoms with E-state index in [2.05, 4.69) is 47.0 Å². The van der Waals surface area contributed by atoms with Crippen LogP contribution in [0.5, 0.6) is 0 Å². The van der Waals surface area contributed by atoms with Crippen molar-refractivity contribution in [2.24, 2.45) is 5.73 Å². The Labute approximate surface area is 229 Å². The van der Waals surface area contributed by atoms with E-state index in [1.54, 1.807) is 0 Å². The molecule has 206 valence electrons. The fourth-order valence-corrected chi connectivity index (χ4v) is 5.19. The van der Waals surface area contributed by atoms with Gasteiger partial charge in [-0.05, 0) is 56.7 Å². The molecule has 1 aliphatic rings. The molecule has 1 aromatic heterocycles. The molecule has 4 rings (SSSR count). The van der Waals surface area contributed by atoms with Crippen LogP contribution in [0, 0.1) is 0 Å². The summed E-state index contributed by atoms with van der Waals surface area (Å²) >= 11 is 0. The first kappa shape index (κ1) is 27.9. The van der Waals surface area contributed by atoms with Gasteiger partial charge in [-0.15, -0.1) is 0 Å². The predicted octanol–water partition coefficient (Wildman–Crippen LogP) is 3.76. The normalized spacial score (nSPS) is 18.1. The summed E-state index contributed by atoms with van der Waals surface area (Å²) in [6.07, 6.45) is 3.40. The summed E-state index contributed by atoms with van der Waals surface area (Å²) in [5, 5.41) is 13.8. The SMILES string of the molecule is CCc1ccc(C(CC)(NC(=O)c2cnn3c2N[C@@H](c2ccccc2)CC3(C)C)C(=O)NC(C)C(N)=O)cc1. The molecule has 0 saturated heterocycles. The zero-order valence-electron chi connectivity index (χ0n) is 23.2. The lowest BCUT2D eigenvalue weighted by Crippen LogP contribution is -2.59. The van der Waals surface area contributed by atoms with Crippen LogP contribution in [0.25, 0.3) is 0 Å². The first-order valence-corrected chi connectivity index (χ1v) is 13.4. The van der Waals surface area contributed by atoms with Gasteiger partial charge >= 0.3 is 0 Å². The number of nitrogens with zero attached hydrogens (tertiary/aromatic N) is 2. The van der Waals surface area contributed by atoms with Gasteiger partial charge in [0.25, 0.3) is 11.8 Å². The van der Waals surface area contributed by atoms with Crippen molar-refractivity contribution in [3.05, 3.63) is 83.0 Å². The molecule has 0 aliphatic carbocycles. The monoisotopic (exact) mass is 530 g/mol. The Morgan fingerprint density at radius 2 is 1.79 bits per heavy atom. The van der Waals surface area contributed by atoms with E-state index in [1.807, 2.05) is 61.0 Å². The van der Waals surface area contributed by atoms with Gasteiger partial charge in [-0.25, -0.2) is 4.68 Å². The van der Waals surface area contributed by atoms with Crippen molar-refractivity contribution >= 4 is 23.5 Å². The molecular weight excluding hydrogens is 492 g/mol. The van der Waals surface area contributed by atoms with Gasteiger partial charge in [0.05, 0.1) is 17.8 Å². The van der Waals surface area contributed by atoms with Gasteiger partial charge in [-0.3, -0.25) is 14.4 Å². The van der Waals surface area contributed by atoms with Crippen LogP contribution < -0.4 is 21.7 Å². The Morgan fingerprint density at radius 1 is 1.13 bits per heavy atom. The zero-order valence-corrected chi connectivity index (χ0v) is 23.2. The second-order valence-electron chi connectivity index (χ2n) is 10.8. The maximum atomic E-state index is 14.0. The fourth-order valence-electron chi connectivity index (χ4n) is 5.19. The van der Waals surface area contributed by atoms with Crippen molar-refractivity contribution < 1.29 is 14.4 Å². The largest absolute Gasteiger partial charge is 0.368 e. The minimum atomic E-state index is -1.44. The number of fused-ring (bicyclic) bond motifs is 1. The number of nitrogens with one attached hydrogen (secondary N) is 3. The molecule has 0 bridgehead atoms. The average molecular weight is 531 g/mol. The first-order chi connectivity index (χ1) is 18.5. The summed E-state index contributed by atoms with van der Waals surface area (Å²) < 4.78 is 1.83. The van der Waals surface area contributed by atoms with Crippen LogP contribution >= 0.6 is 0 Å². The average Bonchev–Trinajstić information content (AvgIpc) is 3.37. The summed E-state index contributed by atoms with van der Waals surface area (Å²) in [4.78, 5) is 39.4. The van der Waals surface area contributed by atoms with Crippen molar-refractivity contribution in [3.8, 4) is 0 Å². The van der Waals surface area contributed by atoms with E-state index in [0.29, 0.717) is 16.9 Å². The molecule has 9 heteroatoms. The summed E-state index contributed by atoms with van der Waals surface area (Å²) in [5.41, 5.74) is 6.80. The minimum Gasteiger partial charge on any atom is -0.368 e. The smallest absolute Gasteiger partial charge is 0.257 e. The highest BCUT2D eigenvalue weighted by atomic mass is 16.2. The Kier molecular flexibility index (Phi) is 7.81. The third-order valence-electron chi connectivity index (χ3n) is 7.68. The number of rotatable bonds is 9. The van der Waals surface area contributed by atoms with Crippen LogP contribution in [0.15, 0.2) is 60.8 Å². The predicted molar refractivity (Wildman–Crippen MR) is 151 cm³/mol. The first-order valence-electron chi connectivity index (χ1n) is 13.4. The molecule has 0 fully saturated rings. The lowest BCUT2D eigenvalue weighted by Gasteiger charge is -2.38. The summed E-state index contributed by atoms with van der Waals surface area (Å²) in [7, 11) is 0. The molecule has 3 aromatic rings. The van der Waals surface area contributed by atoms with Gasteiger partial charge in [0.15, 0.2) is 0 Å². The molecule has 2 unspecified atom stereocenters. The number of carbonyl (C=O) groups excluding carboxylic acids is 3. The number of benzene rings is 2. The number of carbonyl (C=O) groups is 3. The number of amides is 3. The Hall–Kier alpha value is -4.14. The van der Waals surface area contributed by atoms with Crippen molar-refractivity contribution in [1.82, 2.24) is 20.4 Å². The van der Waals surface area contributed by atoms with E-state index in [9.17, 15) is 14.4 Å². The van der Waals surface area contributed by atoms with Crippen LogP contribution in [-0.2, 0) is 27.1 Å². The van der Waals surface area contributed by atoms with Gasteiger partial charge in [-0.2, -0.15) is 5.10 Å². The van der Waals surface area contributed by atoms with E-state index in [4.69, 9.17) is 5.73 Å². The maximum absolute atomic E-state index is 14.0. The molecule has 0 saturated carbocycles. The number of aryl methyl sites for hydroxylation is 1. The highest BCUT2D eigenvalue weighted by Gasteiger charge is 2.43. The molecule has 3 atom stereocenters. The van der Waals surface area contributed by atoms with Gasteiger partial charge in [0.1, 0.15) is 23.0 Å². The van der Waals surface area contributed by atoms with E-state index in [-0.39, 0.29) is 18.0 Å². The number of hydrogen-bond donors (Lipinski definition) is 4. The standard InChI is InChI=1S/C30H38N6O3/c1-6-20-13-15-22(16-14-20)30(7-2,28(39)33-19(3)25(31)37)35-27(38)23-18-32-36-26(23)34-24(17-29(36,4)5)21-11-9-8-10-12-21/h8-16,18-19,24,34H,6-7,17H2,1-5H3,(H2,31,37)(H,33,39)(H,35,38)/t19?,24-,30?/m1/s1. The Bertz CT molecular complexity index is 1350. The van der Waals surface area contributed by atoms with Crippen molar-refractivity contribution in [1.29, 1.82) is 0 Å². The highest BCUT2D eigenvalue weighted by Crippen LogP contribution is 2.40. The molecule has 5 N–H and O–H groups in total. The molecule has 0 spiro atoms. The van der Waals surface area contributed by atoms with Gasteiger partial charge in [0.2, 0.25) is 5.91 Å².